The first-order chi connectivity index (χ1) is 10.4. The van der Waals surface area contributed by atoms with Crippen molar-refractivity contribution in [3.05, 3.63) is 52.8 Å². The average molecular weight is 323 g/mol. The molecule has 0 spiro atoms. The predicted octanol–water partition coefficient (Wildman–Crippen LogP) is 1.81. The number of halogens is 1. The zero-order chi connectivity index (χ0) is 16.3. The molecule has 2 aromatic rings. The maximum atomic E-state index is 12.1. The van der Waals surface area contributed by atoms with Crippen molar-refractivity contribution in [2.45, 2.75) is 12.5 Å². The van der Waals surface area contributed by atoms with Crippen molar-refractivity contribution in [1.29, 1.82) is 0 Å². The van der Waals surface area contributed by atoms with Gasteiger partial charge in [0.15, 0.2) is 0 Å². The Bertz CT molecular complexity index is 694. The van der Waals surface area contributed by atoms with Crippen molar-refractivity contribution in [2.24, 2.45) is 7.05 Å². The maximum Gasteiger partial charge on any atom is 0.326 e. The van der Waals surface area contributed by atoms with Gasteiger partial charge in [-0.15, -0.1) is 0 Å². The Morgan fingerprint density at radius 3 is 2.45 bits per heavy atom. The van der Waals surface area contributed by atoms with Crippen LogP contribution >= 0.6 is 11.6 Å². The summed E-state index contributed by atoms with van der Waals surface area (Å²) in [5, 5.41) is 21.4. The second-order valence-corrected chi connectivity index (χ2v) is 5.33. The standard InChI is InChI=1S/C15H15ClN2O4/c1-18-8-10(16)7-13(18)14(20)17-12(15(21)22)6-9-2-4-11(19)5-3-9/h2-5,7-8,12,19H,6H2,1H3,(H,17,20)(H,21,22). The summed E-state index contributed by atoms with van der Waals surface area (Å²) < 4.78 is 1.52. The molecule has 1 aromatic heterocycles. The Kier molecular flexibility index (Phi) is 4.72. The largest absolute Gasteiger partial charge is 0.508 e. The Morgan fingerprint density at radius 2 is 1.95 bits per heavy atom. The van der Waals surface area contributed by atoms with Gasteiger partial charge in [0.05, 0.1) is 5.02 Å². The van der Waals surface area contributed by atoms with Crippen LogP contribution in [0.4, 0.5) is 0 Å². The molecule has 0 aliphatic heterocycles. The second-order valence-electron chi connectivity index (χ2n) is 4.89. The molecule has 0 fully saturated rings. The van der Waals surface area contributed by atoms with E-state index in [0.717, 1.165) is 0 Å². The van der Waals surface area contributed by atoms with Gasteiger partial charge in [-0.2, -0.15) is 0 Å². The lowest BCUT2D eigenvalue weighted by Crippen LogP contribution is -2.42. The fourth-order valence-corrected chi connectivity index (χ4v) is 2.30. The summed E-state index contributed by atoms with van der Waals surface area (Å²) in [6, 6.07) is 6.54. The van der Waals surface area contributed by atoms with E-state index >= 15 is 0 Å². The van der Waals surface area contributed by atoms with Crippen LogP contribution in [-0.4, -0.2) is 32.7 Å². The number of carbonyl (C=O) groups excluding carboxylic acids is 1. The number of nitrogens with one attached hydrogen (secondary N) is 1. The number of phenols is 1. The smallest absolute Gasteiger partial charge is 0.326 e. The first-order valence-corrected chi connectivity index (χ1v) is 6.88. The molecule has 1 aromatic carbocycles. The topological polar surface area (TPSA) is 91.6 Å². The minimum Gasteiger partial charge on any atom is -0.508 e. The summed E-state index contributed by atoms with van der Waals surface area (Å²) >= 11 is 5.81. The van der Waals surface area contributed by atoms with Crippen LogP contribution < -0.4 is 5.32 Å². The number of phenolic OH excluding ortho intramolecular Hbond substituents is 1. The summed E-state index contributed by atoms with van der Waals surface area (Å²) in [6.07, 6.45) is 1.67. The first kappa shape index (κ1) is 15.9. The molecule has 0 radical (unpaired) electrons. The molecule has 0 saturated carbocycles. The third kappa shape index (κ3) is 3.79. The van der Waals surface area contributed by atoms with E-state index in [9.17, 15) is 19.8 Å². The minimum absolute atomic E-state index is 0.0955. The van der Waals surface area contributed by atoms with Crippen molar-refractivity contribution in [3.8, 4) is 5.75 Å². The number of carboxylic acids is 1. The number of hydrogen-bond donors (Lipinski definition) is 3. The Labute approximate surface area is 131 Å². The highest BCUT2D eigenvalue weighted by molar-refractivity contribution is 6.31. The molecule has 1 unspecified atom stereocenters. The molecule has 22 heavy (non-hydrogen) atoms. The summed E-state index contributed by atoms with van der Waals surface area (Å²) in [5.41, 5.74) is 0.970. The molecule has 1 heterocycles. The molecule has 0 aliphatic carbocycles. The summed E-state index contributed by atoms with van der Waals surface area (Å²) in [6.45, 7) is 0. The lowest BCUT2D eigenvalue weighted by atomic mass is 10.1. The number of nitrogens with zero attached hydrogens (tertiary/aromatic N) is 1. The monoisotopic (exact) mass is 322 g/mol. The number of carbonyl (C=O) groups is 2. The van der Waals surface area contributed by atoms with Gasteiger partial charge in [-0.05, 0) is 23.8 Å². The zero-order valence-corrected chi connectivity index (χ0v) is 12.5. The molecule has 1 atom stereocenters. The highest BCUT2D eigenvalue weighted by atomic mass is 35.5. The van der Waals surface area contributed by atoms with E-state index in [4.69, 9.17) is 11.6 Å². The summed E-state index contributed by atoms with van der Waals surface area (Å²) in [4.78, 5) is 23.5. The van der Waals surface area contributed by atoms with Crippen molar-refractivity contribution in [1.82, 2.24) is 9.88 Å². The number of carboxylic acid groups (broad SMARTS) is 1. The van der Waals surface area contributed by atoms with Crippen LogP contribution in [0.1, 0.15) is 16.1 Å². The van der Waals surface area contributed by atoms with Gasteiger partial charge in [0.25, 0.3) is 5.91 Å². The van der Waals surface area contributed by atoms with E-state index in [2.05, 4.69) is 5.32 Å². The fraction of sp³-hybridized carbons (Fsp3) is 0.200. The Morgan fingerprint density at radius 1 is 1.32 bits per heavy atom. The molecule has 0 aliphatic rings. The Balaban J connectivity index is 2.12. The van der Waals surface area contributed by atoms with Gasteiger partial charge in [-0.1, -0.05) is 23.7 Å². The Hall–Kier alpha value is -2.47. The highest BCUT2D eigenvalue weighted by Gasteiger charge is 2.22. The predicted molar refractivity (Wildman–Crippen MR) is 81.1 cm³/mol. The van der Waals surface area contributed by atoms with Gasteiger partial charge in [0, 0.05) is 19.7 Å². The average Bonchev–Trinajstić information content (AvgIpc) is 2.79. The van der Waals surface area contributed by atoms with Crippen LogP contribution in [-0.2, 0) is 18.3 Å². The van der Waals surface area contributed by atoms with Crippen LogP contribution in [0.2, 0.25) is 5.02 Å². The van der Waals surface area contributed by atoms with E-state index in [1.165, 1.54) is 22.8 Å². The molecular weight excluding hydrogens is 308 g/mol. The molecule has 0 saturated heterocycles. The fourth-order valence-electron chi connectivity index (χ4n) is 2.05. The van der Waals surface area contributed by atoms with Gasteiger partial charge in [-0.25, -0.2) is 4.79 Å². The summed E-state index contributed by atoms with van der Waals surface area (Å²) in [7, 11) is 1.65. The molecule has 2 rings (SSSR count). The van der Waals surface area contributed by atoms with E-state index in [1.807, 2.05) is 0 Å². The SMILES string of the molecule is Cn1cc(Cl)cc1C(=O)NC(Cc1ccc(O)cc1)C(=O)O. The molecule has 116 valence electrons. The van der Waals surface area contributed by atoms with Crippen molar-refractivity contribution < 1.29 is 19.8 Å². The number of hydrogen-bond acceptors (Lipinski definition) is 3. The first-order valence-electron chi connectivity index (χ1n) is 6.50. The van der Waals surface area contributed by atoms with E-state index in [-0.39, 0.29) is 17.9 Å². The van der Waals surface area contributed by atoms with Crippen LogP contribution in [0.25, 0.3) is 0 Å². The molecular formula is C15H15ClN2O4. The number of benzene rings is 1. The molecule has 1 amide bonds. The van der Waals surface area contributed by atoms with Crippen LogP contribution in [0.3, 0.4) is 0 Å². The van der Waals surface area contributed by atoms with Gasteiger partial charge in [0.2, 0.25) is 0 Å². The van der Waals surface area contributed by atoms with Crippen molar-refractivity contribution >= 4 is 23.5 Å². The number of aliphatic carboxylic acids is 1. The number of rotatable bonds is 5. The normalized spacial score (nSPS) is 11.9. The van der Waals surface area contributed by atoms with E-state index in [0.29, 0.717) is 10.6 Å². The van der Waals surface area contributed by atoms with E-state index < -0.39 is 17.9 Å². The highest BCUT2D eigenvalue weighted by Crippen LogP contribution is 2.14. The van der Waals surface area contributed by atoms with E-state index in [1.54, 1.807) is 25.4 Å². The molecule has 7 heteroatoms. The zero-order valence-electron chi connectivity index (χ0n) is 11.8. The van der Waals surface area contributed by atoms with Gasteiger partial charge < -0.3 is 20.1 Å². The number of aromatic nitrogens is 1. The van der Waals surface area contributed by atoms with Crippen molar-refractivity contribution in [2.75, 3.05) is 0 Å². The van der Waals surface area contributed by atoms with Crippen LogP contribution in [0.5, 0.6) is 5.75 Å². The summed E-state index contributed by atoms with van der Waals surface area (Å²) in [5.74, 6) is -1.56. The lowest BCUT2D eigenvalue weighted by molar-refractivity contribution is -0.139. The molecule has 0 bridgehead atoms. The number of amides is 1. The number of aromatic hydroxyl groups is 1. The lowest BCUT2D eigenvalue weighted by Gasteiger charge is -2.15. The van der Waals surface area contributed by atoms with Crippen LogP contribution in [0, 0.1) is 0 Å². The van der Waals surface area contributed by atoms with Crippen molar-refractivity contribution in [3.63, 3.8) is 0 Å². The third-order valence-electron chi connectivity index (χ3n) is 3.18. The number of aryl methyl sites for hydroxylation is 1. The quantitative estimate of drug-likeness (QED) is 0.783. The minimum atomic E-state index is -1.14. The molecule has 6 nitrogen and oxygen atoms in total. The van der Waals surface area contributed by atoms with Gasteiger partial charge in [0.1, 0.15) is 17.5 Å². The second kappa shape index (κ2) is 6.53. The van der Waals surface area contributed by atoms with Gasteiger partial charge >= 0.3 is 5.97 Å². The maximum absolute atomic E-state index is 12.1. The third-order valence-corrected chi connectivity index (χ3v) is 3.39. The van der Waals surface area contributed by atoms with Crippen LogP contribution in [0.15, 0.2) is 36.5 Å². The molecule has 3 N–H and O–H groups in total. The van der Waals surface area contributed by atoms with Gasteiger partial charge in [-0.3, -0.25) is 4.79 Å².